The second-order valence-electron chi connectivity index (χ2n) is 4.54. The topological polar surface area (TPSA) is 55.0 Å². The van der Waals surface area contributed by atoms with E-state index >= 15 is 0 Å². The summed E-state index contributed by atoms with van der Waals surface area (Å²) in [7, 11) is 0. The number of aromatic nitrogens is 2. The molecule has 0 saturated carbocycles. The number of H-pyrrole nitrogens is 1. The molecule has 0 fully saturated rings. The van der Waals surface area contributed by atoms with Gasteiger partial charge in [-0.3, -0.25) is 9.89 Å². The van der Waals surface area contributed by atoms with Crippen LogP contribution < -0.4 is 0 Å². The predicted molar refractivity (Wildman–Crippen MR) is 76.3 cm³/mol. The summed E-state index contributed by atoms with van der Waals surface area (Å²) >= 11 is 3.31. The first kappa shape index (κ1) is 16.5. The number of carbonyl (C=O) groups excluding carboxylic acids is 1. The molecule has 2 rings (SSSR count). The summed E-state index contributed by atoms with van der Waals surface area (Å²) in [4.78, 5) is 10.7. The molecule has 1 heterocycles. The maximum atomic E-state index is 12.6. The van der Waals surface area contributed by atoms with Crippen LogP contribution in [0.25, 0.3) is 0 Å². The first-order valence-corrected chi connectivity index (χ1v) is 7.41. The number of aromatic amines is 1. The number of nitrogens with zero attached hydrogens (tertiary/aromatic N) is 1. The van der Waals surface area contributed by atoms with Gasteiger partial charge >= 0.3 is 6.18 Å². The SMILES string of the molecule is O=COC(Cc1n[nH]cc1CBr)c1ccc(C(F)(F)F)cc1. The van der Waals surface area contributed by atoms with Gasteiger partial charge in [0, 0.05) is 23.5 Å². The number of carbonyl (C=O) groups is 1. The molecule has 2 aromatic rings. The van der Waals surface area contributed by atoms with Gasteiger partial charge in [0.25, 0.3) is 6.47 Å². The van der Waals surface area contributed by atoms with Gasteiger partial charge in [-0.2, -0.15) is 18.3 Å². The monoisotopic (exact) mass is 376 g/mol. The third-order valence-electron chi connectivity index (χ3n) is 3.16. The molecule has 1 aromatic heterocycles. The summed E-state index contributed by atoms with van der Waals surface area (Å²) in [5, 5.41) is 7.33. The Balaban J connectivity index is 2.22. The number of benzene rings is 1. The number of hydrogen-bond donors (Lipinski definition) is 1. The summed E-state index contributed by atoms with van der Waals surface area (Å²) in [5.41, 5.74) is 1.31. The lowest BCUT2D eigenvalue weighted by molar-refractivity contribution is -0.138. The van der Waals surface area contributed by atoms with E-state index in [2.05, 4.69) is 26.1 Å². The predicted octanol–water partition coefficient (Wildman–Crippen LogP) is 3.78. The minimum absolute atomic E-state index is 0.272. The zero-order valence-electron chi connectivity index (χ0n) is 11.2. The molecular formula is C14H12BrF3N2O2. The van der Waals surface area contributed by atoms with Crippen LogP contribution in [0.3, 0.4) is 0 Å². The van der Waals surface area contributed by atoms with Gasteiger partial charge in [-0.15, -0.1) is 0 Å². The van der Waals surface area contributed by atoms with E-state index in [0.717, 1.165) is 17.7 Å². The highest BCUT2D eigenvalue weighted by molar-refractivity contribution is 9.08. The van der Waals surface area contributed by atoms with E-state index in [4.69, 9.17) is 4.74 Å². The van der Waals surface area contributed by atoms with Crippen molar-refractivity contribution in [3.8, 4) is 0 Å². The summed E-state index contributed by atoms with van der Waals surface area (Å²) in [6.07, 6.45) is -3.12. The zero-order valence-corrected chi connectivity index (χ0v) is 12.8. The van der Waals surface area contributed by atoms with E-state index < -0.39 is 17.8 Å². The van der Waals surface area contributed by atoms with E-state index in [9.17, 15) is 18.0 Å². The Morgan fingerprint density at radius 1 is 1.32 bits per heavy atom. The van der Waals surface area contributed by atoms with Crippen LogP contribution in [0, 0.1) is 0 Å². The highest BCUT2D eigenvalue weighted by atomic mass is 79.9. The number of hydrogen-bond acceptors (Lipinski definition) is 3. The van der Waals surface area contributed by atoms with E-state index in [-0.39, 0.29) is 12.9 Å². The molecule has 0 aliphatic heterocycles. The standard InChI is InChI=1S/C14H12BrF3N2O2/c15-6-10-7-19-20-12(10)5-13(22-8-21)9-1-3-11(4-2-9)14(16,17)18/h1-4,7-8,13H,5-6H2,(H,19,20). The first-order valence-electron chi connectivity index (χ1n) is 6.29. The summed E-state index contributed by atoms with van der Waals surface area (Å²) < 4.78 is 42.7. The number of alkyl halides is 4. The Hall–Kier alpha value is -1.83. The Labute approximate surface area is 132 Å². The summed E-state index contributed by atoms with van der Waals surface area (Å²) in [5.74, 6) is 0. The highest BCUT2D eigenvalue weighted by Crippen LogP contribution is 2.31. The van der Waals surface area contributed by atoms with Crippen molar-refractivity contribution in [2.24, 2.45) is 0 Å². The van der Waals surface area contributed by atoms with Crippen molar-refractivity contribution in [1.82, 2.24) is 10.2 Å². The lowest BCUT2D eigenvalue weighted by Gasteiger charge is -2.16. The van der Waals surface area contributed by atoms with Crippen LogP contribution in [0.5, 0.6) is 0 Å². The van der Waals surface area contributed by atoms with Gasteiger partial charge in [0.15, 0.2) is 0 Å². The van der Waals surface area contributed by atoms with Gasteiger partial charge in [0.2, 0.25) is 0 Å². The van der Waals surface area contributed by atoms with Crippen molar-refractivity contribution >= 4 is 22.4 Å². The van der Waals surface area contributed by atoms with Gasteiger partial charge in [-0.05, 0) is 17.7 Å². The van der Waals surface area contributed by atoms with Gasteiger partial charge in [0.05, 0.1) is 11.3 Å². The quantitative estimate of drug-likeness (QED) is 0.616. The number of rotatable bonds is 6. The minimum Gasteiger partial charge on any atom is -0.459 e. The fourth-order valence-corrected chi connectivity index (χ4v) is 2.50. The Kier molecular flexibility index (Phi) is 5.23. The molecule has 1 aromatic carbocycles. The normalized spacial score (nSPS) is 12.9. The Bertz CT molecular complexity index is 626. The molecule has 4 nitrogen and oxygen atoms in total. The van der Waals surface area contributed by atoms with E-state index in [1.165, 1.54) is 12.1 Å². The van der Waals surface area contributed by atoms with E-state index in [0.29, 0.717) is 16.6 Å². The molecule has 22 heavy (non-hydrogen) atoms. The molecule has 1 atom stereocenters. The Morgan fingerprint density at radius 3 is 2.55 bits per heavy atom. The van der Waals surface area contributed by atoms with Crippen molar-refractivity contribution in [3.63, 3.8) is 0 Å². The number of ether oxygens (including phenoxy) is 1. The van der Waals surface area contributed by atoms with Crippen LogP contribution in [0.4, 0.5) is 13.2 Å². The maximum Gasteiger partial charge on any atom is 0.416 e. The van der Waals surface area contributed by atoms with Gasteiger partial charge in [-0.1, -0.05) is 28.1 Å². The molecule has 0 aliphatic rings. The van der Waals surface area contributed by atoms with Crippen LogP contribution in [0.2, 0.25) is 0 Å². The molecule has 0 radical (unpaired) electrons. The largest absolute Gasteiger partial charge is 0.459 e. The molecule has 0 bridgehead atoms. The van der Waals surface area contributed by atoms with Crippen LogP contribution in [0.15, 0.2) is 30.5 Å². The molecular weight excluding hydrogens is 365 g/mol. The van der Waals surface area contributed by atoms with Crippen LogP contribution in [0.1, 0.15) is 28.5 Å². The van der Waals surface area contributed by atoms with E-state index in [1.54, 1.807) is 6.20 Å². The molecule has 0 amide bonds. The average molecular weight is 377 g/mol. The minimum atomic E-state index is -4.40. The van der Waals surface area contributed by atoms with Crippen molar-refractivity contribution < 1.29 is 22.7 Å². The summed E-state index contributed by atoms with van der Waals surface area (Å²) in [6.45, 7) is 0.281. The van der Waals surface area contributed by atoms with Crippen LogP contribution in [-0.4, -0.2) is 16.7 Å². The van der Waals surface area contributed by atoms with Gasteiger partial charge < -0.3 is 4.74 Å². The third-order valence-corrected chi connectivity index (χ3v) is 3.77. The van der Waals surface area contributed by atoms with Gasteiger partial charge in [-0.25, -0.2) is 0 Å². The zero-order chi connectivity index (χ0) is 16.2. The fraction of sp³-hybridized carbons (Fsp3) is 0.286. The maximum absolute atomic E-state index is 12.6. The highest BCUT2D eigenvalue weighted by Gasteiger charge is 2.30. The molecule has 0 aliphatic carbocycles. The number of halogens is 4. The van der Waals surface area contributed by atoms with Crippen molar-refractivity contribution in [1.29, 1.82) is 0 Å². The molecule has 0 spiro atoms. The number of nitrogens with one attached hydrogen (secondary N) is 1. The van der Waals surface area contributed by atoms with Crippen LogP contribution >= 0.6 is 15.9 Å². The Morgan fingerprint density at radius 2 is 2.00 bits per heavy atom. The molecule has 1 N–H and O–H groups in total. The molecule has 8 heteroatoms. The van der Waals surface area contributed by atoms with Crippen molar-refractivity contribution in [3.05, 3.63) is 52.8 Å². The fourth-order valence-electron chi connectivity index (χ4n) is 2.01. The first-order chi connectivity index (χ1) is 10.5. The van der Waals surface area contributed by atoms with Crippen molar-refractivity contribution in [2.45, 2.75) is 24.0 Å². The lowest BCUT2D eigenvalue weighted by Crippen LogP contribution is -2.10. The molecule has 118 valence electrons. The lowest BCUT2D eigenvalue weighted by atomic mass is 10.0. The third kappa shape index (κ3) is 3.88. The second-order valence-corrected chi connectivity index (χ2v) is 5.10. The van der Waals surface area contributed by atoms with Crippen molar-refractivity contribution in [2.75, 3.05) is 0 Å². The summed E-state index contributed by atoms with van der Waals surface area (Å²) in [6, 6.07) is 4.54. The average Bonchev–Trinajstić information content (AvgIpc) is 2.93. The van der Waals surface area contributed by atoms with E-state index in [1.807, 2.05) is 0 Å². The smallest absolute Gasteiger partial charge is 0.416 e. The molecule has 1 unspecified atom stereocenters. The molecule has 0 saturated heterocycles. The second kappa shape index (κ2) is 6.95. The van der Waals surface area contributed by atoms with Gasteiger partial charge in [0.1, 0.15) is 6.10 Å². The van der Waals surface area contributed by atoms with Crippen LogP contribution in [-0.2, 0) is 27.5 Å².